The molecule has 6 heteroatoms. The van der Waals surface area contributed by atoms with Gasteiger partial charge in [-0.1, -0.05) is 17.7 Å². The van der Waals surface area contributed by atoms with Crippen LogP contribution in [0.4, 0.5) is 5.82 Å². The average molecular weight is 326 g/mol. The SMILES string of the molecule is Cc1cc(N(C)Cc2cccnc2Cl)nc(-c2cccnc2)n1. The normalized spacial score (nSPS) is 10.6. The molecular weight excluding hydrogens is 310 g/mol. The molecule has 0 aliphatic heterocycles. The lowest BCUT2D eigenvalue weighted by Crippen LogP contribution is -2.19. The number of hydrogen-bond acceptors (Lipinski definition) is 5. The number of rotatable bonds is 4. The standard InChI is InChI=1S/C17H16ClN5/c1-12-9-15(22-17(21-12)13-5-3-7-19-10-13)23(2)11-14-6-4-8-20-16(14)18/h3-10H,11H2,1-2H3. The highest BCUT2D eigenvalue weighted by atomic mass is 35.5. The van der Waals surface area contributed by atoms with Crippen LogP contribution in [-0.4, -0.2) is 27.0 Å². The van der Waals surface area contributed by atoms with Crippen molar-refractivity contribution in [2.75, 3.05) is 11.9 Å². The molecule has 23 heavy (non-hydrogen) atoms. The third-order valence-corrected chi connectivity index (χ3v) is 3.74. The zero-order valence-electron chi connectivity index (χ0n) is 12.9. The Balaban J connectivity index is 1.91. The summed E-state index contributed by atoms with van der Waals surface area (Å²) in [6, 6.07) is 9.61. The van der Waals surface area contributed by atoms with E-state index in [4.69, 9.17) is 11.6 Å². The molecule has 0 atom stereocenters. The number of halogens is 1. The molecule has 0 aliphatic carbocycles. The molecule has 0 unspecified atom stereocenters. The van der Waals surface area contributed by atoms with Gasteiger partial charge in [-0.15, -0.1) is 0 Å². The zero-order chi connectivity index (χ0) is 16.2. The largest absolute Gasteiger partial charge is 0.355 e. The van der Waals surface area contributed by atoms with Crippen LogP contribution in [0.5, 0.6) is 0 Å². The Morgan fingerprint density at radius 2 is 1.96 bits per heavy atom. The van der Waals surface area contributed by atoms with Gasteiger partial charge < -0.3 is 4.90 Å². The summed E-state index contributed by atoms with van der Waals surface area (Å²) in [5, 5.41) is 0.512. The molecule has 0 N–H and O–H groups in total. The molecule has 0 fully saturated rings. The van der Waals surface area contributed by atoms with Gasteiger partial charge in [-0.3, -0.25) is 4.98 Å². The topological polar surface area (TPSA) is 54.8 Å². The van der Waals surface area contributed by atoms with Gasteiger partial charge >= 0.3 is 0 Å². The molecule has 0 amide bonds. The van der Waals surface area contributed by atoms with Crippen molar-refractivity contribution in [2.45, 2.75) is 13.5 Å². The Kier molecular flexibility index (Phi) is 4.48. The Hall–Kier alpha value is -2.53. The molecule has 0 saturated carbocycles. The van der Waals surface area contributed by atoms with Crippen molar-refractivity contribution < 1.29 is 0 Å². The average Bonchev–Trinajstić information content (AvgIpc) is 2.57. The first-order valence-electron chi connectivity index (χ1n) is 7.20. The summed E-state index contributed by atoms with van der Waals surface area (Å²) in [4.78, 5) is 19.4. The van der Waals surface area contributed by atoms with E-state index in [2.05, 4.69) is 19.9 Å². The third kappa shape index (κ3) is 3.63. The number of pyridine rings is 2. The minimum atomic E-state index is 0.512. The van der Waals surface area contributed by atoms with E-state index in [1.807, 2.05) is 49.2 Å². The minimum Gasteiger partial charge on any atom is -0.355 e. The van der Waals surface area contributed by atoms with E-state index < -0.39 is 0 Å². The Labute approximate surface area is 140 Å². The minimum absolute atomic E-state index is 0.512. The number of hydrogen-bond donors (Lipinski definition) is 0. The fourth-order valence-electron chi connectivity index (χ4n) is 2.25. The van der Waals surface area contributed by atoms with Crippen LogP contribution in [0.1, 0.15) is 11.3 Å². The molecule has 116 valence electrons. The first-order valence-corrected chi connectivity index (χ1v) is 7.58. The highest BCUT2D eigenvalue weighted by Crippen LogP contribution is 2.21. The summed E-state index contributed by atoms with van der Waals surface area (Å²) < 4.78 is 0. The third-order valence-electron chi connectivity index (χ3n) is 3.40. The number of aromatic nitrogens is 4. The summed E-state index contributed by atoms with van der Waals surface area (Å²) in [7, 11) is 1.97. The second-order valence-electron chi connectivity index (χ2n) is 5.24. The Morgan fingerprint density at radius 3 is 2.70 bits per heavy atom. The fourth-order valence-corrected chi connectivity index (χ4v) is 2.42. The second kappa shape index (κ2) is 6.71. The Bertz CT molecular complexity index is 807. The van der Waals surface area contributed by atoms with Crippen molar-refractivity contribution in [2.24, 2.45) is 0 Å². The van der Waals surface area contributed by atoms with Crippen LogP contribution in [-0.2, 0) is 6.54 Å². The summed E-state index contributed by atoms with van der Waals surface area (Å²) in [5.41, 5.74) is 2.75. The fraction of sp³-hybridized carbons (Fsp3) is 0.176. The maximum absolute atomic E-state index is 6.14. The predicted octanol–water partition coefficient (Wildman–Crippen LogP) is 3.53. The summed E-state index contributed by atoms with van der Waals surface area (Å²) in [6.07, 6.45) is 5.18. The highest BCUT2D eigenvalue weighted by molar-refractivity contribution is 6.30. The van der Waals surface area contributed by atoms with E-state index >= 15 is 0 Å². The molecule has 3 heterocycles. The van der Waals surface area contributed by atoms with Crippen LogP contribution in [0.15, 0.2) is 48.9 Å². The molecule has 3 rings (SSSR count). The van der Waals surface area contributed by atoms with Gasteiger partial charge in [0.2, 0.25) is 0 Å². The van der Waals surface area contributed by atoms with Crippen LogP contribution in [0.25, 0.3) is 11.4 Å². The maximum Gasteiger partial charge on any atom is 0.163 e. The molecule has 0 aliphatic rings. The zero-order valence-corrected chi connectivity index (χ0v) is 13.7. The van der Waals surface area contributed by atoms with E-state index in [0.29, 0.717) is 17.5 Å². The monoisotopic (exact) mass is 325 g/mol. The van der Waals surface area contributed by atoms with Gasteiger partial charge in [-0.05, 0) is 25.1 Å². The molecule has 3 aromatic rings. The quantitative estimate of drug-likeness (QED) is 0.687. The van der Waals surface area contributed by atoms with Crippen LogP contribution >= 0.6 is 11.6 Å². The van der Waals surface area contributed by atoms with Crippen molar-refractivity contribution in [1.29, 1.82) is 0 Å². The van der Waals surface area contributed by atoms with Crippen molar-refractivity contribution in [3.8, 4) is 11.4 Å². The molecule has 5 nitrogen and oxygen atoms in total. The van der Waals surface area contributed by atoms with E-state index in [0.717, 1.165) is 22.6 Å². The van der Waals surface area contributed by atoms with Crippen LogP contribution < -0.4 is 4.90 Å². The number of nitrogens with zero attached hydrogens (tertiary/aromatic N) is 5. The van der Waals surface area contributed by atoms with Gasteiger partial charge in [0.1, 0.15) is 11.0 Å². The van der Waals surface area contributed by atoms with Gasteiger partial charge in [0, 0.05) is 55.1 Å². The van der Waals surface area contributed by atoms with Gasteiger partial charge in [-0.2, -0.15) is 0 Å². The van der Waals surface area contributed by atoms with Gasteiger partial charge in [0.05, 0.1) is 0 Å². The van der Waals surface area contributed by atoms with Crippen molar-refractivity contribution in [1.82, 2.24) is 19.9 Å². The number of aryl methyl sites for hydroxylation is 1. The highest BCUT2D eigenvalue weighted by Gasteiger charge is 2.11. The van der Waals surface area contributed by atoms with Gasteiger partial charge in [0.25, 0.3) is 0 Å². The molecule has 0 aromatic carbocycles. The first kappa shape index (κ1) is 15.4. The Morgan fingerprint density at radius 1 is 1.13 bits per heavy atom. The second-order valence-corrected chi connectivity index (χ2v) is 5.60. The lowest BCUT2D eigenvalue weighted by atomic mass is 10.2. The smallest absolute Gasteiger partial charge is 0.163 e. The molecule has 0 bridgehead atoms. The van der Waals surface area contributed by atoms with Crippen LogP contribution in [0.2, 0.25) is 5.15 Å². The first-order chi connectivity index (χ1) is 11.1. The molecule has 0 radical (unpaired) electrons. The summed E-state index contributed by atoms with van der Waals surface area (Å²) >= 11 is 6.14. The van der Waals surface area contributed by atoms with Gasteiger partial charge in [-0.25, -0.2) is 15.0 Å². The van der Waals surface area contributed by atoms with E-state index in [-0.39, 0.29) is 0 Å². The van der Waals surface area contributed by atoms with Crippen LogP contribution in [0.3, 0.4) is 0 Å². The number of anilines is 1. The van der Waals surface area contributed by atoms with Crippen LogP contribution in [0, 0.1) is 6.92 Å². The maximum atomic E-state index is 6.14. The lowest BCUT2D eigenvalue weighted by molar-refractivity contribution is 0.883. The molecule has 0 spiro atoms. The van der Waals surface area contributed by atoms with Crippen molar-refractivity contribution in [3.63, 3.8) is 0 Å². The molecule has 0 saturated heterocycles. The van der Waals surface area contributed by atoms with E-state index in [9.17, 15) is 0 Å². The predicted molar refractivity (Wildman–Crippen MR) is 91.4 cm³/mol. The van der Waals surface area contributed by atoms with E-state index in [1.54, 1.807) is 18.6 Å². The van der Waals surface area contributed by atoms with Crippen molar-refractivity contribution >= 4 is 17.4 Å². The van der Waals surface area contributed by atoms with Crippen molar-refractivity contribution in [3.05, 3.63) is 65.3 Å². The summed E-state index contributed by atoms with van der Waals surface area (Å²) in [5.74, 6) is 1.49. The molecular formula is C17H16ClN5. The summed E-state index contributed by atoms with van der Waals surface area (Å²) in [6.45, 7) is 2.57. The van der Waals surface area contributed by atoms with E-state index in [1.165, 1.54) is 0 Å². The van der Waals surface area contributed by atoms with Gasteiger partial charge in [0.15, 0.2) is 5.82 Å². The molecule has 3 aromatic heterocycles. The lowest BCUT2D eigenvalue weighted by Gasteiger charge is -2.19.